The second kappa shape index (κ2) is 6.59. The van der Waals surface area contributed by atoms with Crippen LogP contribution in [0.2, 0.25) is 0 Å². The molecule has 1 fully saturated rings. The van der Waals surface area contributed by atoms with Crippen molar-refractivity contribution in [3.63, 3.8) is 0 Å². The Morgan fingerprint density at radius 2 is 1.68 bits per heavy atom. The lowest BCUT2D eigenvalue weighted by Gasteiger charge is -2.35. The molecule has 0 saturated heterocycles. The lowest BCUT2D eigenvalue weighted by molar-refractivity contribution is -0.145. The van der Waals surface area contributed by atoms with E-state index in [1.54, 1.807) is 14.2 Å². The summed E-state index contributed by atoms with van der Waals surface area (Å²) in [6.07, 6.45) is 4.33. The van der Waals surface area contributed by atoms with Gasteiger partial charge in [-0.25, -0.2) is 0 Å². The Balaban J connectivity index is 2.65. The Hall–Kier alpha value is -1.71. The number of aliphatic carboxylic acids is 1. The first-order valence-corrected chi connectivity index (χ1v) is 7.96. The van der Waals surface area contributed by atoms with Crippen LogP contribution in [0.5, 0.6) is 11.5 Å². The first-order chi connectivity index (χ1) is 10.5. The largest absolute Gasteiger partial charge is 0.496 e. The molecule has 0 heterocycles. The van der Waals surface area contributed by atoms with E-state index in [1.807, 2.05) is 12.1 Å². The Morgan fingerprint density at radius 1 is 1.09 bits per heavy atom. The van der Waals surface area contributed by atoms with Gasteiger partial charge in [-0.05, 0) is 30.4 Å². The third kappa shape index (κ3) is 2.79. The molecule has 1 aromatic rings. The van der Waals surface area contributed by atoms with E-state index in [-0.39, 0.29) is 5.92 Å². The van der Waals surface area contributed by atoms with E-state index in [0.29, 0.717) is 18.6 Å². The summed E-state index contributed by atoms with van der Waals surface area (Å²) >= 11 is 0. The topological polar surface area (TPSA) is 55.8 Å². The van der Waals surface area contributed by atoms with Crippen LogP contribution in [0.4, 0.5) is 0 Å². The molecule has 0 amide bonds. The number of benzene rings is 1. The molecule has 0 spiro atoms. The molecule has 1 aliphatic carbocycles. The molecule has 4 heteroatoms. The van der Waals surface area contributed by atoms with Gasteiger partial charge in [-0.2, -0.15) is 0 Å². The summed E-state index contributed by atoms with van der Waals surface area (Å²) in [5.74, 6) is 0.886. The van der Waals surface area contributed by atoms with E-state index < -0.39 is 11.4 Å². The van der Waals surface area contributed by atoms with Gasteiger partial charge in [0, 0.05) is 11.6 Å². The predicted molar refractivity (Wildman–Crippen MR) is 86.0 cm³/mol. The molecule has 0 bridgehead atoms. The van der Waals surface area contributed by atoms with Crippen molar-refractivity contribution in [2.75, 3.05) is 14.2 Å². The van der Waals surface area contributed by atoms with Gasteiger partial charge in [-0.15, -0.1) is 0 Å². The van der Waals surface area contributed by atoms with Crippen LogP contribution in [0.1, 0.15) is 63.0 Å². The molecule has 0 aliphatic heterocycles. The molecule has 0 aromatic heterocycles. The van der Waals surface area contributed by atoms with Crippen molar-refractivity contribution in [3.05, 3.63) is 23.3 Å². The van der Waals surface area contributed by atoms with Crippen LogP contribution >= 0.6 is 0 Å². The Kier molecular flexibility index (Phi) is 4.99. The summed E-state index contributed by atoms with van der Waals surface area (Å²) < 4.78 is 11.0. The number of hydrogen-bond acceptors (Lipinski definition) is 3. The number of carboxylic acid groups (broad SMARTS) is 1. The molecule has 1 N–H and O–H groups in total. The van der Waals surface area contributed by atoms with E-state index in [2.05, 4.69) is 13.8 Å². The number of hydrogen-bond donors (Lipinski definition) is 1. The van der Waals surface area contributed by atoms with Crippen molar-refractivity contribution in [3.8, 4) is 11.5 Å². The number of ether oxygens (including phenoxy) is 2. The highest BCUT2D eigenvalue weighted by Crippen LogP contribution is 2.46. The van der Waals surface area contributed by atoms with Gasteiger partial charge in [-0.3, -0.25) is 4.79 Å². The lowest BCUT2D eigenvalue weighted by atomic mass is 9.68. The van der Waals surface area contributed by atoms with Crippen molar-refractivity contribution in [1.82, 2.24) is 0 Å². The van der Waals surface area contributed by atoms with Crippen LogP contribution < -0.4 is 9.47 Å². The Labute approximate surface area is 132 Å². The highest BCUT2D eigenvalue weighted by Gasteiger charge is 2.43. The average molecular weight is 306 g/mol. The van der Waals surface area contributed by atoms with E-state index in [4.69, 9.17) is 9.47 Å². The molecule has 22 heavy (non-hydrogen) atoms. The molecular formula is C18H26O4. The average Bonchev–Trinajstić information content (AvgIpc) is 2.53. The molecule has 2 rings (SSSR count). The van der Waals surface area contributed by atoms with Crippen molar-refractivity contribution in [2.45, 2.75) is 57.3 Å². The first-order valence-electron chi connectivity index (χ1n) is 7.96. The van der Waals surface area contributed by atoms with Gasteiger partial charge in [0.05, 0.1) is 19.6 Å². The minimum Gasteiger partial charge on any atom is -0.496 e. The lowest BCUT2D eigenvalue weighted by Crippen LogP contribution is -2.38. The fraction of sp³-hybridized carbons (Fsp3) is 0.611. The zero-order chi connectivity index (χ0) is 16.3. The summed E-state index contributed by atoms with van der Waals surface area (Å²) in [4.78, 5) is 12.1. The summed E-state index contributed by atoms with van der Waals surface area (Å²) in [6.45, 7) is 4.17. The van der Waals surface area contributed by atoms with E-state index >= 15 is 0 Å². The maximum Gasteiger partial charge on any atom is 0.314 e. The van der Waals surface area contributed by atoms with Crippen molar-refractivity contribution in [2.24, 2.45) is 0 Å². The molecule has 122 valence electrons. The molecule has 1 aromatic carbocycles. The fourth-order valence-electron chi connectivity index (χ4n) is 3.50. The van der Waals surface area contributed by atoms with Crippen LogP contribution in [0, 0.1) is 0 Å². The Bertz CT molecular complexity index is 542. The Morgan fingerprint density at radius 3 is 2.14 bits per heavy atom. The second-order valence-electron chi connectivity index (χ2n) is 6.40. The fourth-order valence-corrected chi connectivity index (χ4v) is 3.50. The SMILES string of the molecule is COc1cc(OC)c(C2(C(=O)O)CCCCC2)cc1C(C)C. The summed E-state index contributed by atoms with van der Waals surface area (Å²) in [6, 6.07) is 3.83. The number of carboxylic acids is 1. The van der Waals surface area contributed by atoms with Crippen LogP contribution in [-0.2, 0) is 10.2 Å². The van der Waals surface area contributed by atoms with Gasteiger partial charge in [-0.1, -0.05) is 33.1 Å². The van der Waals surface area contributed by atoms with Gasteiger partial charge in [0.2, 0.25) is 0 Å². The normalized spacial score (nSPS) is 17.3. The molecule has 1 saturated carbocycles. The first kappa shape index (κ1) is 16.7. The van der Waals surface area contributed by atoms with Crippen LogP contribution in [0.3, 0.4) is 0 Å². The standard InChI is InChI=1S/C18H26O4/c1-12(2)13-10-14(16(22-4)11-15(13)21-3)18(17(19)20)8-6-5-7-9-18/h10-12H,5-9H2,1-4H3,(H,19,20). The van der Waals surface area contributed by atoms with Gasteiger partial charge < -0.3 is 14.6 Å². The minimum absolute atomic E-state index is 0.258. The highest BCUT2D eigenvalue weighted by atomic mass is 16.5. The van der Waals surface area contributed by atoms with Gasteiger partial charge in [0.15, 0.2) is 0 Å². The molecule has 0 atom stereocenters. The maximum absolute atomic E-state index is 12.1. The van der Waals surface area contributed by atoms with E-state index in [0.717, 1.165) is 36.1 Å². The third-order valence-electron chi connectivity index (χ3n) is 4.81. The number of carbonyl (C=O) groups is 1. The zero-order valence-electron chi connectivity index (χ0n) is 13.9. The molecular weight excluding hydrogens is 280 g/mol. The smallest absolute Gasteiger partial charge is 0.314 e. The highest BCUT2D eigenvalue weighted by molar-refractivity contribution is 5.83. The molecule has 1 aliphatic rings. The van der Waals surface area contributed by atoms with Crippen LogP contribution in [-0.4, -0.2) is 25.3 Å². The van der Waals surface area contributed by atoms with Crippen molar-refractivity contribution < 1.29 is 19.4 Å². The monoisotopic (exact) mass is 306 g/mol. The maximum atomic E-state index is 12.1. The predicted octanol–water partition coefficient (Wildman–Crippen LogP) is 4.11. The number of methoxy groups -OCH3 is 2. The van der Waals surface area contributed by atoms with E-state index in [1.165, 1.54) is 0 Å². The summed E-state index contributed by atoms with van der Waals surface area (Å²) in [5, 5.41) is 9.93. The van der Waals surface area contributed by atoms with Crippen molar-refractivity contribution in [1.29, 1.82) is 0 Å². The van der Waals surface area contributed by atoms with Crippen LogP contribution in [0.15, 0.2) is 12.1 Å². The van der Waals surface area contributed by atoms with Gasteiger partial charge in [0.1, 0.15) is 11.5 Å². The van der Waals surface area contributed by atoms with Gasteiger partial charge in [0.25, 0.3) is 0 Å². The molecule has 4 nitrogen and oxygen atoms in total. The van der Waals surface area contributed by atoms with E-state index in [9.17, 15) is 9.90 Å². The summed E-state index contributed by atoms with van der Waals surface area (Å²) in [7, 11) is 3.22. The quantitative estimate of drug-likeness (QED) is 0.889. The number of rotatable bonds is 5. The molecule has 0 radical (unpaired) electrons. The van der Waals surface area contributed by atoms with Crippen molar-refractivity contribution >= 4 is 5.97 Å². The summed E-state index contributed by atoms with van der Waals surface area (Å²) in [5.41, 5.74) is 0.996. The zero-order valence-corrected chi connectivity index (χ0v) is 13.9. The minimum atomic E-state index is -0.834. The second-order valence-corrected chi connectivity index (χ2v) is 6.40. The third-order valence-corrected chi connectivity index (χ3v) is 4.81. The van der Waals surface area contributed by atoms with Crippen LogP contribution in [0.25, 0.3) is 0 Å². The van der Waals surface area contributed by atoms with Gasteiger partial charge >= 0.3 is 5.97 Å². The molecule has 0 unspecified atom stereocenters.